The van der Waals surface area contributed by atoms with E-state index in [1.807, 2.05) is 45.2 Å². The Balaban J connectivity index is 1.47. The first-order valence-corrected chi connectivity index (χ1v) is 11.6. The molecule has 0 radical (unpaired) electrons. The lowest BCUT2D eigenvalue weighted by molar-refractivity contribution is -0.122. The van der Waals surface area contributed by atoms with Gasteiger partial charge in [-0.25, -0.2) is 9.67 Å². The molecule has 9 heteroatoms. The van der Waals surface area contributed by atoms with Gasteiger partial charge >= 0.3 is 0 Å². The molecule has 1 aromatic carbocycles. The summed E-state index contributed by atoms with van der Waals surface area (Å²) >= 11 is 0. The molecule has 3 N–H and O–H groups in total. The molecule has 180 valence electrons. The molecule has 1 saturated heterocycles. The van der Waals surface area contributed by atoms with Crippen LogP contribution < -0.4 is 15.8 Å². The highest BCUT2D eigenvalue weighted by molar-refractivity contribution is 5.92. The smallest absolute Gasteiger partial charge is 0.242 e. The number of pyridine rings is 1. The number of hydrogen-bond acceptors (Lipinski definition) is 6. The van der Waals surface area contributed by atoms with Gasteiger partial charge in [-0.15, -0.1) is 5.10 Å². The first-order chi connectivity index (χ1) is 16.3. The van der Waals surface area contributed by atoms with Crippen molar-refractivity contribution in [2.75, 3.05) is 19.0 Å². The number of ether oxygens (including phenoxy) is 1. The van der Waals surface area contributed by atoms with Crippen LogP contribution in [0.1, 0.15) is 41.6 Å². The van der Waals surface area contributed by atoms with Crippen molar-refractivity contribution in [2.45, 2.75) is 52.1 Å². The first kappa shape index (κ1) is 23.7. The molecule has 0 bridgehead atoms. The Morgan fingerprint density at radius 1 is 1.26 bits per heavy atom. The molecule has 0 aliphatic carbocycles. The molecule has 9 nitrogen and oxygen atoms in total. The maximum absolute atomic E-state index is 12.9. The summed E-state index contributed by atoms with van der Waals surface area (Å²) in [5.74, 6) is 0.177. The van der Waals surface area contributed by atoms with Crippen LogP contribution in [0.4, 0.5) is 5.69 Å². The zero-order valence-electron chi connectivity index (χ0n) is 20.2. The number of para-hydroxylation sites is 1. The number of nitrogens with zero attached hydrogens (tertiary/aromatic N) is 4. The van der Waals surface area contributed by atoms with Crippen LogP contribution in [0, 0.1) is 13.8 Å². The summed E-state index contributed by atoms with van der Waals surface area (Å²) in [6.45, 7) is 5.38. The molecule has 3 heterocycles. The van der Waals surface area contributed by atoms with Gasteiger partial charge in [0.2, 0.25) is 17.7 Å². The molecule has 1 atom stereocenters. The number of aryl methyl sites for hydroxylation is 3. The zero-order valence-corrected chi connectivity index (χ0v) is 20.2. The van der Waals surface area contributed by atoms with Crippen molar-refractivity contribution in [2.24, 2.45) is 12.8 Å². The highest BCUT2D eigenvalue weighted by atomic mass is 16.5. The van der Waals surface area contributed by atoms with E-state index in [0.717, 1.165) is 58.5 Å². The van der Waals surface area contributed by atoms with E-state index >= 15 is 0 Å². The maximum atomic E-state index is 12.9. The predicted molar refractivity (Wildman–Crippen MR) is 131 cm³/mol. The number of aromatic nitrogens is 3. The lowest BCUT2D eigenvalue weighted by Crippen LogP contribution is -2.39. The Hall–Kier alpha value is -3.46. The molecule has 3 aromatic rings. The summed E-state index contributed by atoms with van der Waals surface area (Å²) in [6.07, 6.45) is 2.60. The van der Waals surface area contributed by atoms with Gasteiger partial charge in [-0.2, -0.15) is 0 Å². The minimum absolute atomic E-state index is 0.0719. The van der Waals surface area contributed by atoms with Crippen molar-refractivity contribution in [3.05, 3.63) is 46.6 Å². The molecule has 0 spiro atoms. The number of benzene rings is 1. The Kier molecular flexibility index (Phi) is 6.83. The number of carbonyl (C=O) groups excluding carboxylic acids is 2. The summed E-state index contributed by atoms with van der Waals surface area (Å²) in [4.78, 5) is 31.4. The third kappa shape index (κ3) is 4.61. The summed E-state index contributed by atoms with van der Waals surface area (Å²) in [7, 11) is 3.44. The number of fused-ring (bicyclic) bond motifs is 1. The number of anilines is 1. The van der Waals surface area contributed by atoms with Crippen LogP contribution in [-0.4, -0.2) is 51.2 Å². The Morgan fingerprint density at radius 3 is 2.76 bits per heavy atom. The fourth-order valence-electron chi connectivity index (χ4n) is 4.90. The number of nitrogens with two attached hydrogens (primary N) is 1. The van der Waals surface area contributed by atoms with Gasteiger partial charge in [-0.3, -0.25) is 14.5 Å². The summed E-state index contributed by atoms with van der Waals surface area (Å²) in [6, 6.07) is 7.46. The van der Waals surface area contributed by atoms with Crippen molar-refractivity contribution >= 4 is 28.5 Å². The third-order valence-corrected chi connectivity index (χ3v) is 6.68. The SMILES string of the molecule is COc1nn(C)c2nc(C)c(CCC(=O)Nc3ccccc3CN3CCCC3C(N)=O)c(C)c12. The second kappa shape index (κ2) is 9.80. The van der Waals surface area contributed by atoms with Gasteiger partial charge in [-0.05, 0) is 62.4 Å². The fourth-order valence-corrected chi connectivity index (χ4v) is 4.90. The topological polar surface area (TPSA) is 115 Å². The molecule has 2 amide bonds. The summed E-state index contributed by atoms with van der Waals surface area (Å²) < 4.78 is 7.15. The van der Waals surface area contributed by atoms with E-state index in [4.69, 9.17) is 15.5 Å². The van der Waals surface area contributed by atoms with Crippen LogP contribution in [0.25, 0.3) is 11.0 Å². The van der Waals surface area contributed by atoms with Crippen molar-refractivity contribution in [3.63, 3.8) is 0 Å². The second-order valence-corrected chi connectivity index (χ2v) is 8.87. The van der Waals surface area contributed by atoms with E-state index in [-0.39, 0.29) is 17.9 Å². The van der Waals surface area contributed by atoms with E-state index in [1.54, 1.807) is 11.8 Å². The number of rotatable bonds is 8. The Bertz CT molecular complexity index is 1240. The Labute approximate surface area is 199 Å². The third-order valence-electron chi connectivity index (χ3n) is 6.68. The molecule has 1 aliphatic rings. The minimum atomic E-state index is -0.291. The summed E-state index contributed by atoms with van der Waals surface area (Å²) in [5, 5.41) is 8.33. The van der Waals surface area contributed by atoms with Gasteiger partial charge in [0.25, 0.3) is 0 Å². The van der Waals surface area contributed by atoms with Crippen molar-refractivity contribution in [1.82, 2.24) is 19.7 Å². The standard InChI is InChI=1S/C25H32N6O3/c1-15-18(16(2)27-24-22(15)25(34-4)29-30(24)3)11-12-21(32)28-19-9-6-5-8-17(19)14-31-13-7-10-20(31)23(26)33/h5-6,8-9,20H,7,10-14H2,1-4H3,(H2,26,33)(H,28,32). The highest BCUT2D eigenvalue weighted by Crippen LogP contribution is 2.30. The van der Waals surface area contributed by atoms with Crippen LogP contribution in [0.3, 0.4) is 0 Å². The normalized spacial score (nSPS) is 16.2. The van der Waals surface area contributed by atoms with E-state index in [9.17, 15) is 9.59 Å². The number of carbonyl (C=O) groups is 2. The monoisotopic (exact) mass is 464 g/mol. The molecule has 1 fully saturated rings. The number of primary amides is 1. The van der Waals surface area contributed by atoms with E-state index < -0.39 is 0 Å². The van der Waals surface area contributed by atoms with Gasteiger partial charge in [0.1, 0.15) is 0 Å². The molecular weight excluding hydrogens is 432 g/mol. The van der Waals surface area contributed by atoms with E-state index in [2.05, 4.69) is 15.3 Å². The van der Waals surface area contributed by atoms with Crippen molar-refractivity contribution in [1.29, 1.82) is 0 Å². The maximum Gasteiger partial charge on any atom is 0.242 e. The molecule has 2 aromatic heterocycles. The number of amides is 2. The zero-order chi connectivity index (χ0) is 24.4. The molecule has 1 aliphatic heterocycles. The van der Waals surface area contributed by atoms with Crippen LogP contribution in [0.2, 0.25) is 0 Å². The molecule has 0 saturated carbocycles. The average Bonchev–Trinajstić information content (AvgIpc) is 3.39. The van der Waals surface area contributed by atoms with Crippen LogP contribution in [-0.2, 0) is 29.6 Å². The van der Waals surface area contributed by atoms with E-state index in [1.165, 1.54) is 0 Å². The predicted octanol–water partition coefficient (Wildman–Crippen LogP) is 2.61. The summed E-state index contributed by atoms with van der Waals surface area (Å²) in [5.41, 5.74) is 11.0. The van der Waals surface area contributed by atoms with Gasteiger partial charge in [0, 0.05) is 31.4 Å². The quantitative estimate of drug-likeness (QED) is 0.530. The number of methoxy groups -OCH3 is 1. The van der Waals surface area contributed by atoms with Gasteiger partial charge in [0.05, 0.1) is 18.5 Å². The van der Waals surface area contributed by atoms with Crippen LogP contribution in [0.15, 0.2) is 24.3 Å². The first-order valence-electron chi connectivity index (χ1n) is 11.6. The largest absolute Gasteiger partial charge is 0.479 e. The average molecular weight is 465 g/mol. The highest BCUT2D eigenvalue weighted by Gasteiger charge is 2.29. The lowest BCUT2D eigenvalue weighted by atomic mass is 10.00. The van der Waals surface area contributed by atoms with Crippen LogP contribution in [0.5, 0.6) is 5.88 Å². The van der Waals surface area contributed by atoms with Gasteiger partial charge in [-0.1, -0.05) is 18.2 Å². The molecular formula is C25H32N6O3. The van der Waals surface area contributed by atoms with Crippen LogP contribution >= 0.6 is 0 Å². The molecule has 4 rings (SSSR count). The Morgan fingerprint density at radius 2 is 2.03 bits per heavy atom. The van der Waals surface area contributed by atoms with Gasteiger partial charge in [0.15, 0.2) is 5.65 Å². The second-order valence-electron chi connectivity index (χ2n) is 8.87. The van der Waals surface area contributed by atoms with E-state index in [0.29, 0.717) is 25.3 Å². The lowest BCUT2D eigenvalue weighted by Gasteiger charge is -2.23. The molecule has 1 unspecified atom stereocenters. The minimum Gasteiger partial charge on any atom is -0.479 e. The number of likely N-dealkylation sites (tertiary alicyclic amines) is 1. The van der Waals surface area contributed by atoms with Crippen molar-refractivity contribution in [3.8, 4) is 5.88 Å². The fraction of sp³-hybridized carbons (Fsp3) is 0.440. The van der Waals surface area contributed by atoms with Crippen molar-refractivity contribution < 1.29 is 14.3 Å². The van der Waals surface area contributed by atoms with Gasteiger partial charge < -0.3 is 15.8 Å². The number of nitrogens with one attached hydrogen (secondary N) is 1. The molecule has 34 heavy (non-hydrogen) atoms. The number of hydrogen-bond donors (Lipinski definition) is 2.